The maximum absolute atomic E-state index is 14.0. The third-order valence-corrected chi connectivity index (χ3v) is 4.97. The van der Waals surface area contributed by atoms with Crippen LogP contribution >= 0.6 is 0 Å². The number of nitrogens with zero attached hydrogens (tertiary/aromatic N) is 1. The van der Waals surface area contributed by atoms with Gasteiger partial charge in [-0.25, -0.2) is 4.39 Å². The van der Waals surface area contributed by atoms with Crippen LogP contribution < -0.4 is 0 Å². The molecule has 1 saturated heterocycles. The molecule has 0 aromatic heterocycles. The van der Waals surface area contributed by atoms with E-state index in [4.69, 9.17) is 4.74 Å². The highest BCUT2D eigenvalue weighted by molar-refractivity contribution is 4.99. The zero-order valence-corrected chi connectivity index (χ0v) is 13.8. The van der Waals surface area contributed by atoms with Gasteiger partial charge in [-0.2, -0.15) is 17.6 Å². The van der Waals surface area contributed by atoms with Crippen molar-refractivity contribution in [3.05, 3.63) is 0 Å². The van der Waals surface area contributed by atoms with Crippen molar-refractivity contribution in [2.45, 2.75) is 51.6 Å². The first-order valence-electron chi connectivity index (χ1n) is 7.67. The van der Waals surface area contributed by atoms with Gasteiger partial charge in [0.25, 0.3) is 0 Å². The summed E-state index contributed by atoms with van der Waals surface area (Å²) in [6.07, 6.45) is 0.0862. The first kappa shape index (κ1) is 19.6. The quantitative estimate of drug-likeness (QED) is 0.372. The second-order valence-corrected chi connectivity index (χ2v) is 7.17. The van der Waals surface area contributed by atoms with Crippen LogP contribution in [-0.2, 0) is 4.74 Å². The van der Waals surface area contributed by atoms with Gasteiger partial charge < -0.3 is 9.22 Å². The van der Waals surface area contributed by atoms with E-state index in [1.165, 1.54) is 0 Å². The van der Waals surface area contributed by atoms with Gasteiger partial charge in [0.1, 0.15) is 19.3 Å². The molecule has 0 radical (unpaired) electrons. The molecule has 1 unspecified atom stereocenters. The summed E-state index contributed by atoms with van der Waals surface area (Å²) in [4.78, 5) is 0. The summed E-state index contributed by atoms with van der Waals surface area (Å²) >= 11 is 0. The summed E-state index contributed by atoms with van der Waals surface area (Å²) in [5.41, 5.74) is -2.46. The monoisotopic (exact) mass is 332 g/mol. The lowest BCUT2D eigenvalue weighted by atomic mass is 9.78. The summed E-state index contributed by atoms with van der Waals surface area (Å²) in [5.74, 6) is -8.89. The summed E-state index contributed by atoms with van der Waals surface area (Å²) in [6.45, 7) is 3.49. The van der Waals surface area contributed by atoms with Crippen LogP contribution in [0.2, 0.25) is 0 Å². The number of likely N-dealkylation sites (N-methyl/N-ethyl adjacent to an activating group) is 1. The number of ether oxygens (including phenoxy) is 1. The lowest BCUT2D eigenvalue weighted by Crippen LogP contribution is -2.56. The Morgan fingerprint density at radius 1 is 1.09 bits per heavy atom. The zero-order valence-electron chi connectivity index (χ0n) is 13.8. The molecule has 0 amide bonds. The van der Waals surface area contributed by atoms with Gasteiger partial charge in [-0.05, 0) is 6.92 Å². The maximum atomic E-state index is 14.0. The fourth-order valence-electron chi connectivity index (χ4n) is 2.62. The molecule has 0 N–H and O–H groups in total. The van der Waals surface area contributed by atoms with Gasteiger partial charge in [0, 0.05) is 12.8 Å². The van der Waals surface area contributed by atoms with Crippen molar-refractivity contribution in [1.82, 2.24) is 0 Å². The lowest BCUT2D eigenvalue weighted by Gasteiger charge is -2.39. The molecule has 1 aliphatic heterocycles. The second kappa shape index (κ2) is 6.59. The number of hydrogen-bond acceptors (Lipinski definition) is 1. The minimum atomic E-state index is -4.49. The van der Waals surface area contributed by atoms with E-state index in [1.807, 2.05) is 7.05 Å². The Morgan fingerprint density at radius 2 is 1.59 bits per heavy atom. The van der Waals surface area contributed by atoms with Crippen LogP contribution in [0.3, 0.4) is 0 Å². The predicted octanol–water partition coefficient (Wildman–Crippen LogP) is 3.90. The van der Waals surface area contributed by atoms with Gasteiger partial charge >= 0.3 is 11.8 Å². The SMILES string of the molecule is CC(F)C(C)(C)C(F)(F)C(F)(F)COCC[N+]1(C)CCCC1. The molecule has 0 bridgehead atoms. The highest BCUT2D eigenvalue weighted by Gasteiger charge is 2.66. The van der Waals surface area contributed by atoms with Crippen LogP contribution in [-0.4, -0.2) is 62.4 Å². The van der Waals surface area contributed by atoms with Crippen molar-refractivity contribution in [3.63, 3.8) is 0 Å². The van der Waals surface area contributed by atoms with Crippen molar-refractivity contribution in [3.8, 4) is 0 Å². The highest BCUT2D eigenvalue weighted by atomic mass is 19.3. The van der Waals surface area contributed by atoms with E-state index in [1.54, 1.807) is 0 Å². The third kappa shape index (κ3) is 3.91. The number of likely N-dealkylation sites (tertiary alicyclic amines) is 1. The number of rotatable bonds is 8. The fraction of sp³-hybridized carbons (Fsp3) is 1.00. The van der Waals surface area contributed by atoms with Crippen molar-refractivity contribution in [2.75, 3.05) is 39.9 Å². The topological polar surface area (TPSA) is 9.23 Å². The molecule has 1 fully saturated rings. The summed E-state index contributed by atoms with van der Waals surface area (Å²) in [5, 5.41) is 0. The van der Waals surface area contributed by atoms with E-state index < -0.39 is 30.0 Å². The molecule has 1 aliphatic rings. The van der Waals surface area contributed by atoms with E-state index in [-0.39, 0.29) is 6.61 Å². The minimum absolute atomic E-state index is 0.00617. The zero-order chi connectivity index (χ0) is 17.2. The Labute approximate surface area is 129 Å². The second-order valence-electron chi connectivity index (χ2n) is 7.17. The van der Waals surface area contributed by atoms with Crippen LogP contribution in [0.5, 0.6) is 0 Å². The molecule has 0 aromatic rings. The van der Waals surface area contributed by atoms with Crippen LogP contribution in [0.4, 0.5) is 22.0 Å². The van der Waals surface area contributed by atoms with Crippen molar-refractivity contribution >= 4 is 0 Å². The van der Waals surface area contributed by atoms with E-state index in [2.05, 4.69) is 0 Å². The van der Waals surface area contributed by atoms with E-state index in [0.29, 0.717) is 6.54 Å². The molecule has 1 rings (SSSR count). The molecule has 0 aromatic carbocycles. The first-order chi connectivity index (χ1) is 9.86. The first-order valence-corrected chi connectivity index (χ1v) is 7.67. The smallest absolute Gasteiger partial charge is 0.333 e. The summed E-state index contributed by atoms with van der Waals surface area (Å²) < 4.78 is 74.4. The van der Waals surface area contributed by atoms with Crippen molar-refractivity contribution in [1.29, 1.82) is 0 Å². The molecule has 0 spiro atoms. The third-order valence-electron chi connectivity index (χ3n) is 4.97. The number of halogens is 5. The Kier molecular flexibility index (Phi) is 5.88. The Balaban J connectivity index is 2.55. The molecule has 0 aliphatic carbocycles. The number of hydrogen-bond donors (Lipinski definition) is 0. The summed E-state index contributed by atoms with van der Waals surface area (Å²) in [6, 6.07) is 0. The van der Waals surface area contributed by atoms with Crippen molar-refractivity contribution in [2.24, 2.45) is 5.41 Å². The van der Waals surface area contributed by atoms with Gasteiger partial charge in [-0.15, -0.1) is 0 Å². The minimum Gasteiger partial charge on any atom is -0.369 e. The highest BCUT2D eigenvalue weighted by Crippen LogP contribution is 2.49. The standard InChI is InChI=1S/C15H27F5NO/c1-12(16)13(2,3)15(19,20)14(17,18)11-22-10-9-21(4)7-5-6-8-21/h12H,5-11H2,1-4H3/q+1. The maximum Gasteiger partial charge on any atom is 0.333 e. The Bertz CT molecular complexity index is 365. The Hall–Kier alpha value is -0.430. The van der Waals surface area contributed by atoms with Gasteiger partial charge in [0.2, 0.25) is 0 Å². The average molecular weight is 332 g/mol. The molecular formula is C15H27F5NO+. The molecule has 2 nitrogen and oxygen atoms in total. The van der Waals surface area contributed by atoms with Gasteiger partial charge in [0.15, 0.2) is 0 Å². The molecular weight excluding hydrogens is 305 g/mol. The molecule has 132 valence electrons. The average Bonchev–Trinajstić information content (AvgIpc) is 2.81. The largest absolute Gasteiger partial charge is 0.369 e. The fourth-order valence-corrected chi connectivity index (χ4v) is 2.62. The molecule has 1 heterocycles. The number of quaternary nitrogens is 1. The normalized spacial score (nSPS) is 21.1. The van der Waals surface area contributed by atoms with Crippen LogP contribution in [0.15, 0.2) is 0 Å². The Morgan fingerprint density at radius 3 is 2.05 bits per heavy atom. The van der Waals surface area contributed by atoms with E-state index in [0.717, 1.165) is 51.2 Å². The van der Waals surface area contributed by atoms with Crippen LogP contribution in [0.1, 0.15) is 33.6 Å². The lowest BCUT2D eigenvalue weighted by molar-refractivity contribution is -0.898. The van der Waals surface area contributed by atoms with Crippen molar-refractivity contribution < 1.29 is 31.2 Å². The molecule has 22 heavy (non-hydrogen) atoms. The van der Waals surface area contributed by atoms with E-state index in [9.17, 15) is 22.0 Å². The number of alkyl halides is 5. The van der Waals surface area contributed by atoms with Gasteiger partial charge in [-0.3, -0.25) is 0 Å². The van der Waals surface area contributed by atoms with E-state index >= 15 is 0 Å². The summed E-state index contributed by atoms with van der Waals surface area (Å²) in [7, 11) is 2.00. The van der Waals surface area contributed by atoms with Gasteiger partial charge in [-0.1, -0.05) is 13.8 Å². The molecule has 7 heteroatoms. The van der Waals surface area contributed by atoms with Gasteiger partial charge in [0.05, 0.1) is 32.2 Å². The molecule has 1 atom stereocenters. The van der Waals surface area contributed by atoms with Crippen LogP contribution in [0.25, 0.3) is 0 Å². The van der Waals surface area contributed by atoms with Crippen LogP contribution in [0, 0.1) is 5.41 Å². The molecule has 0 saturated carbocycles. The predicted molar refractivity (Wildman–Crippen MR) is 75.1 cm³/mol.